The fourth-order valence-corrected chi connectivity index (χ4v) is 2.79. The summed E-state index contributed by atoms with van der Waals surface area (Å²) < 4.78 is 0.973. The van der Waals surface area contributed by atoms with Crippen molar-refractivity contribution in [2.24, 2.45) is 10.2 Å². The van der Waals surface area contributed by atoms with Gasteiger partial charge in [0.05, 0.1) is 12.1 Å². The second kappa shape index (κ2) is 6.86. The van der Waals surface area contributed by atoms with Gasteiger partial charge in [-0.25, -0.2) is 0 Å². The number of hydrogen-bond acceptors (Lipinski definition) is 5. The number of aliphatic carboxylic acids is 1. The van der Waals surface area contributed by atoms with E-state index in [4.69, 9.17) is 5.11 Å². The highest BCUT2D eigenvalue weighted by atomic mass is 79.9. The largest absolute Gasteiger partial charge is 0.481 e. The van der Waals surface area contributed by atoms with Crippen molar-refractivity contribution in [1.29, 1.82) is 0 Å². The van der Waals surface area contributed by atoms with Gasteiger partial charge in [-0.05, 0) is 24.6 Å². The van der Waals surface area contributed by atoms with Crippen molar-refractivity contribution in [3.63, 3.8) is 0 Å². The maximum Gasteiger partial charge on any atom is 0.305 e. The fourth-order valence-electron chi connectivity index (χ4n) is 1.61. The van der Waals surface area contributed by atoms with Gasteiger partial charge in [0.1, 0.15) is 5.25 Å². The molecular formula is C13H12BrN3O3S. The molecule has 2 N–H and O–H groups in total. The van der Waals surface area contributed by atoms with Crippen molar-refractivity contribution >= 4 is 50.4 Å². The zero-order valence-corrected chi connectivity index (χ0v) is 13.4. The Kier molecular flexibility index (Phi) is 5.13. The standard InChI is InChI=1S/C13H12BrN3O3S/c1-7(8-2-4-9(14)5-3-8)16-17-13-15-12(20)10(21-13)6-11(18)19/h2-5,10H,6H2,1H3,(H,18,19)(H,15,17,20)/b16-7+/t10-/m1/s1. The van der Waals surface area contributed by atoms with Gasteiger partial charge in [0.25, 0.3) is 0 Å². The number of hydrogen-bond donors (Lipinski definition) is 2. The first-order valence-electron chi connectivity index (χ1n) is 6.03. The number of halogens is 1. The molecule has 6 nitrogen and oxygen atoms in total. The number of amidine groups is 1. The third-order valence-corrected chi connectivity index (χ3v) is 4.29. The van der Waals surface area contributed by atoms with Crippen molar-refractivity contribution < 1.29 is 14.7 Å². The van der Waals surface area contributed by atoms with E-state index in [1.165, 1.54) is 0 Å². The van der Waals surface area contributed by atoms with Crippen LogP contribution >= 0.6 is 27.7 Å². The maximum absolute atomic E-state index is 11.5. The van der Waals surface area contributed by atoms with Crippen LogP contribution in [0.5, 0.6) is 0 Å². The van der Waals surface area contributed by atoms with Gasteiger partial charge in [0.2, 0.25) is 5.91 Å². The summed E-state index contributed by atoms with van der Waals surface area (Å²) in [5.41, 5.74) is 1.62. The number of thioether (sulfide) groups is 1. The quantitative estimate of drug-likeness (QED) is 0.628. The zero-order chi connectivity index (χ0) is 15.4. The van der Waals surface area contributed by atoms with Gasteiger partial charge in [-0.3, -0.25) is 9.59 Å². The summed E-state index contributed by atoms with van der Waals surface area (Å²) >= 11 is 4.43. The molecule has 0 aliphatic carbocycles. The number of benzene rings is 1. The number of amides is 1. The van der Waals surface area contributed by atoms with Crippen LogP contribution in [0.1, 0.15) is 18.9 Å². The van der Waals surface area contributed by atoms with Gasteiger partial charge in [-0.2, -0.15) is 5.10 Å². The smallest absolute Gasteiger partial charge is 0.305 e. The van der Waals surface area contributed by atoms with Crippen LogP contribution in [0.3, 0.4) is 0 Å². The lowest BCUT2D eigenvalue weighted by Gasteiger charge is -1.99. The SMILES string of the molecule is C/C(=N\N=C1\NC(=O)[C@@H](CC(=O)O)S1)c1ccc(Br)cc1. The molecule has 2 rings (SSSR count). The number of carbonyl (C=O) groups is 2. The Morgan fingerprint density at radius 1 is 1.43 bits per heavy atom. The van der Waals surface area contributed by atoms with E-state index in [2.05, 4.69) is 31.4 Å². The normalized spacial score (nSPS) is 20.7. The number of nitrogens with zero attached hydrogens (tertiary/aromatic N) is 2. The van der Waals surface area contributed by atoms with Crippen molar-refractivity contribution in [3.05, 3.63) is 34.3 Å². The Hall–Kier alpha value is -1.67. The molecule has 1 aliphatic heterocycles. The van der Waals surface area contributed by atoms with E-state index in [0.29, 0.717) is 10.9 Å². The van der Waals surface area contributed by atoms with E-state index >= 15 is 0 Å². The Balaban J connectivity index is 2.07. The highest BCUT2D eigenvalue weighted by Crippen LogP contribution is 2.22. The molecule has 0 spiro atoms. The minimum absolute atomic E-state index is 0.231. The first-order chi connectivity index (χ1) is 9.95. The average Bonchev–Trinajstić information content (AvgIpc) is 2.77. The van der Waals surface area contributed by atoms with E-state index in [1.54, 1.807) is 0 Å². The van der Waals surface area contributed by atoms with Gasteiger partial charge in [-0.1, -0.05) is 39.8 Å². The van der Waals surface area contributed by atoms with Crippen LogP contribution in [0.2, 0.25) is 0 Å². The van der Waals surface area contributed by atoms with Crippen LogP contribution in [-0.2, 0) is 9.59 Å². The molecule has 1 amide bonds. The van der Waals surface area contributed by atoms with E-state index in [1.807, 2.05) is 31.2 Å². The summed E-state index contributed by atoms with van der Waals surface area (Å²) in [5, 5.41) is 18.9. The van der Waals surface area contributed by atoms with Gasteiger partial charge in [0, 0.05) is 4.47 Å². The third kappa shape index (κ3) is 4.40. The molecule has 0 aromatic heterocycles. The number of rotatable bonds is 4. The van der Waals surface area contributed by atoms with E-state index in [9.17, 15) is 9.59 Å². The van der Waals surface area contributed by atoms with Crippen molar-refractivity contribution in [2.45, 2.75) is 18.6 Å². The molecule has 21 heavy (non-hydrogen) atoms. The maximum atomic E-state index is 11.5. The highest BCUT2D eigenvalue weighted by Gasteiger charge is 2.32. The summed E-state index contributed by atoms with van der Waals surface area (Å²) in [6.45, 7) is 1.81. The van der Waals surface area contributed by atoms with Gasteiger partial charge < -0.3 is 10.4 Å². The number of carboxylic acids is 1. The Morgan fingerprint density at radius 2 is 2.10 bits per heavy atom. The highest BCUT2D eigenvalue weighted by molar-refractivity contribution is 9.10. The topological polar surface area (TPSA) is 91.1 Å². The lowest BCUT2D eigenvalue weighted by molar-refractivity contribution is -0.138. The van der Waals surface area contributed by atoms with Crippen LogP contribution in [0.15, 0.2) is 38.9 Å². The summed E-state index contributed by atoms with van der Waals surface area (Å²) in [4.78, 5) is 22.2. The molecule has 1 atom stereocenters. The van der Waals surface area contributed by atoms with Crippen LogP contribution in [-0.4, -0.2) is 33.1 Å². The van der Waals surface area contributed by atoms with Gasteiger partial charge in [0.15, 0.2) is 5.17 Å². The van der Waals surface area contributed by atoms with Gasteiger partial charge in [-0.15, -0.1) is 5.10 Å². The Bertz CT molecular complexity index is 628. The molecule has 1 heterocycles. The molecule has 1 aromatic rings. The number of carbonyl (C=O) groups excluding carboxylic acids is 1. The Labute approximate surface area is 133 Å². The fraction of sp³-hybridized carbons (Fsp3) is 0.231. The van der Waals surface area contributed by atoms with Crippen LogP contribution in [0, 0.1) is 0 Å². The predicted molar refractivity (Wildman–Crippen MR) is 85.6 cm³/mol. The molecule has 8 heteroatoms. The van der Waals surface area contributed by atoms with E-state index < -0.39 is 11.2 Å². The minimum Gasteiger partial charge on any atom is -0.481 e. The van der Waals surface area contributed by atoms with Crippen LogP contribution in [0.4, 0.5) is 0 Å². The monoisotopic (exact) mass is 369 g/mol. The molecule has 1 aliphatic rings. The van der Waals surface area contributed by atoms with E-state index in [-0.39, 0.29) is 12.3 Å². The second-order valence-corrected chi connectivity index (χ2v) is 6.40. The third-order valence-electron chi connectivity index (χ3n) is 2.69. The number of carboxylic acid groups (broad SMARTS) is 1. The molecular weight excluding hydrogens is 358 g/mol. The van der Waals surface area contributed by atoms with Gasteiger partial charge >= 0.3 is 5.97 Å². The number of nitrogens with one attached hydrogen (secondary N) is 1. The van der Waals surface area contributed by atoms with Crippen LogP contribution in [0.25, 0.3) is 0 Å². The first kappa shape index (κ1) is 15.7. The summed E-state index contributed by atoms with van der Waals surface area (Å²) in [5.74, 6) is -1.36. The minimum atomic E-state index is -1.02. The van der Waals surface area contributed by atoms with Crippen molar-refractivity contribution in [1.82, 2.24) is 5.32 Å². The molecule has 0 saturated carbocycles. The van der Waals surface area contributed by atoms with Crippen molar-refractivity contribution in [3.8, 4) is 0 Å². The molecule has 1 fully saturated rings. The second-order valence-electron chi connectivity index (χ2n) is 4.29. The molecule has 0 bridgehead atoms. The average molecular weight is 370 g/mol. The molecule has 110 valence electrons. The molecule has 0 radical (unpaired) electrons. The summed E-state index contributed by atoms with van der Waals surface area (Å²) in [6, 6.07) is 7.60. The first-order valence-corrected chi connectivity index (χ1v) is 7.70. The summed E-state index contributed by atoms with van der Waals surface area (Å²) in [7, 11) is 0. The lowest BCUT2D eigenvalue weighted by atomic mass is 10.1. The lowest BCUT2D eigenvalue weighted by Crippen LogP contribution is -2.26. The predicted octanol–water partition coefficient (Wildman–Crippen LogP) is 2.24. The molecule has 1 saturated heterocycles. The zero-order valence-electron chi connectivity index (χ0n) is 11.0. The summed E-state index contributed by atoms with van der Waals surface area (Å²) in [6.07, 6.45) is -0.231. The molecule has 0 unspecified atom stereocenters. The molecule has 1 aromatic carbocycles. The Morgan fingerprint density at radius 3 is 2.71 bits per heavy atom. The van der Waals surface area contributed by atoms with E-state index in [0.717, 1.165) is 21.8 Å². The van der Waals surface area contributed by atoms with Crippen molar-refractivity contribution in [2.75, 3.05) is 0 Å². The van der Waals surface area contributed by atoms with Crippen LogP contribution < -0.4 is 5.32 Å².